The van der Waals surface area contributed by atoms with Crippen LogP contribution in [0.1, 0.15) is 36.4 Å². The van der Waals surface area contributed by atoms with Crippen LogP contribution >= 0.6 is 0 Å². The molecule has 2 aliphatic heterocycles. The van der Waals surface area contributed by atoms with Crippen molar-refractivity contribution in [3.8, 4) is 0 Å². The van der Waals surface area contributed by atoms with Crippen LogP contribution in [0, 0.1) is 0 Å². The van der Waals surface area contributed by atoms with Gasteiger partial charge in [0.25, 0.3) is 0 Å². The molecule has 1 fully saturated rings. The molecule has 0 saturated carbocycles. The molecule has 0 aliphatic carbocycles. The monoisotopic (exact) mass is 336 g/mol. The highest BCUT2D eigenvalue weighted by molar-refractivity contribution is 5.90. The number of hydrogen-bond acceptors (Lipinski definition) is 3. The molecule has 0 bridgehead atoms. The number of amides is 1. The van der Waals surface area contributed by atoms with Crippen LogP contribution in [0.2, 0.25) is 0 Å². The quantitative estimate of drug-likeness (QED) is 0.834. The maximum atomic E-state index is 12.7. The SMILES string of the molecule is O=C(OCc1ccccc1)N1CC(N2CCCCC2)c2ccccc21. The van der Waals surface area contributed by atoms with Gasteiger partial charge in [-0.25, -0.2) is 4.79 Å². The van der Waals surface area contributed by atoms with Crippen molar-refractivity contribution in [1.82, 2.24) is 4.90 Å². The Morgan fingerprint density at radius 1 is 0.960 bits per heavy atom. The van der Waals surface area contributed by atoms with Crippen molar-refractivity contribution in [3.05, 3.63) is 65.7 Å². The number of ether oxygens (including phenoxy) is 1. The predicted molar refractivity (Wildman–Crippen MR) is 98.6 cm³/mol. The van der Waals surface area contributed by atoms with Crippen LogP contribution in [-0.4, -0.2) is 30.6 Å². The third kappa shape index (κ3) is 3.40. The van der Waals surface area contributed by atoms with E-state index in [2.05, 4.69) is 17.0 Å². The summed E-state index contributed by atoms with van der Waals surface area (Å²) in [5, 5.41) is 0. The summed E-state index contributed by atoms with van der Waals surface area (Å²) in [6.45, 7) is 3.23. The third-order valence-electron chi connectivity index (χ3n) is 5.20. The van der Waals surface area contributed by atoms with Gasteiger partial charge >= 0.3 is 6.09 Å². The number of nitrogens with zero attached hydrogens (tertiary/aromatic N) is 2. The van der Waals surface area contributed by atoms with E-state index in [1.165, 1.54) is 24.8 Å². The molecule has 0 aromatic heterocycles. The molecular formula is C21H24N2O2. The summed E-state index contributed by atoms with van der Waals surface area (Å²) < 4.78 is 5.57. The fraction of sp³-hybridized carbons (Fsp3) is 0.381. The third-order valence-corrected chi connectivity index (χ3v) is 5.20. The van der Waals surface area contributed by atoms with Gasteiger partial charge in [0.05, 0.1) is 11.7 Å². The van der Waals surface area contributed by atoms with E-state index in [9.17, 15) is 4.79 Å². The Balaban J connectivity index is 1.49. The highest BCUT2D eigenvalue weighted by Crippen LogP contribution is 2.39. The van der Waals surface area contributed by atoms with Crippen molar-refractivity contribution >= 4 is 11.8 Å². The van der Waals surface area contributed by atoms with E-state index in [1.807, 2.05) is 42.5 Å². The standard InChI is InChI=1S/C21H24N2O2/c24-21(25-16-17-9-3-1-4-10-17)23-15-20(22-13-7-2-8-14-22)18-11-5-6-12-19(18)23/h1,3-6,9-12,20H,2,7-8,13-16H2. The number of hydrogen-bond donors (Lipinski definition) is 0. The van der Waals surface area contributed by atoms with E-state index in [0.29, 0.717) is 19.2 Å². The Kier molecular flexibility index (Phi) is 4.70. The lowest BCUT2D eigenvalue weighted by atomic mass is 10.0. The average Bonchev–Trinajstić information content (AvgIpc) is 3.07. The first kappa shape index (κ1) is 16.2. The molecular weight excluding hydrogens is 312 g/mol. The summed E-state index contributed by atoms with van der Waals surface area (Å²) in [6.07, 6.45) is 3.55. The zero-order chi connectivity index (χ0) is 17.1. The number of likely N-dealkylation sites (tertiary alicyclic amines) is 1. The van der Waals surface area contributed by atoms with E-state index in [0.717, 1.165) is 24.3 Å². The maximum Gasteiger partial charge on any atom is 0.414 e. The fourth-order valence-corrected chi connectivity index (χ4v) is 3.90. The van der Waals surface area contributed by atoms with Crippen LogP contribution in [0.5, 0.6) is 0 Å². The van der Waals surface area contributed by atoms with Gasteiger partial charge in [-0.15, -0.1) is 0 Å². The van der Waals surface area contributed by atoms with Gasteiger partial charge in [-0.2, -0.15) is 0 Å². The lowest BCUT2D eigenvalue weighted by Gasteiger charge is -2.32. The Morgan fingerprint density at radius 2 is 1.68 bits per heavy atom. The predicted octanol–water partition coefficient (Wildman–Crippen LogP) is 4.37. The number of fused-ring (bicyclic) bond motifs is 1. The summed E-state index contributed by atoms with van der Waals surface area (Å²) in [5.74, 6) is 0. The first-order chi connectivity index (χ1) is 12.3. The molecule has 25 heavy (non-hydrogen) atoms. The second kappa shape index (κ2) is 7.28. The number of benzene rings is 2. The largest absolute Gasteiger partial charge is 0.444 e. The Hall–Kier alpha value is -2.33. The average molecular weight is 336 g/mol. The first-order valence-electron chi connectivity index (χ1n) is 9.14. The minimum absolute atomic E-state index is 0.254. The summed E-state index contributed by atoms with van der Waals surface area (Å²) in [7, 11) is 0. The lowest BCUT2D eigenvalue weighted by molar-refractivity contribution is 0.141. The maximum absolute atomic E-state index is 12.7. The molecule has 2 aromatic rings. The molecule has 2 aromatic carbocycles. The van der Waals surface area contributed by atoms with Gasteiger partial charge in [0.2, 0.25) is 0 Å². The number of rotatable bonds is 3. The van der Waals surface area contributed by atoms with Gasteiger partial charge in [0.1, 0.15) is 6.61 Å². The van der Waals surface area contributed by atoms with Crippen molar-refractivity contribution in [1.29, 1.82) is 0 Å². The minimum Gasteiger partial charge on any atom is -0.444 e. The normalized spacial score (nSPS) is 20.3. The summed E-state index contributed by atoms with van der Waals surface area (Å²) in [5.41, 5.74) is 3.26. The number of carbonyl (C=O) groups excluding carboxylic acids is 1. The molecule has 130 valence electrons. The number of para-hydroxylation sites is 1. The second-order valence-corrected chi connectivity index (χ2v) is 6.82. The molecule has 4 nitrogen and oxygen atoms in total. The lowest BCUT2D eigenvalue weighted by Crippen LogP contribution is -2.38. The van der Waals surface area contributed by atoms with E-state index in [4.69, 9.17) is 4.74 Å². The smallest absolute Gasteiger partial charge is 0.414 e. The Bertz CT molecular complexity index is 726. The molecule has 4 rings (SSSR count). The zero-order valence-corrected chi connectivity index (χ0v) is 14.4. The van der Waals surface area contributed by atoms with Crippen LogP contribution in [-0.2, 0) is 11.3 Å². The molecule has 1 amide bonds. The van der Waals surface area contributed by atoms with Gasteiger partial charge < -0.3 is 4.74 Å². The fourth-order valence-electron chi connectivity index (χ4n) is 3.90. The van der Waals surface area contributed by atoms with Crippen molar-refractivity contribution in [2.24, 2.45) is 0 Å². The van der Waals surface area contributed by atoms with Crippen LogP contribution in [0.3, 0.4) is 0 Å². The van der Waals surface area contributed by atoms with Gasteiger partial charge in [0.15, 0.2) is 0 Å². The molecule has 4 heteroatoms. The minimum atomic E-state index is -0.254. The number of carbonyl (C=O) groups is 1. The second-order valence-electron chi connectivity index (χ2n) is 6.82. The molecule has 2 aliphatic rings. The summed E-state index contributed by atoms with van der Waals surface area (Å²) in [6, 6.07) is 18.4. The van der Waals surface area contributed by atoms with Crippen molar-refractivity contribution < 1.29 is 9.53 Å². The highest BCUT2D eigenvalue weighted by Gasteiger charge is 2.36. The van der Waals surface area contributed by atoms with E-state index in [-0.39, 0.29) is 6.09 Å². The van der Waals surface area contributed by atoms with E-state index < -0.39 is 0 Å². The van der Waals surface area contributed by atoms with Crippen LogP contribution in [0.15, 0.2) is 54.6 Å². The molecule has 0 N–H and O–H groups in total. The van der Waals surface area contributed by atoms with Crippen LogP contribution < -0.4 is 4.90 Å². The molecule has 1 unspecified atom stereocenters. The highest BCUT2D eigenvalue weighted by atomic mass is 16.6. The van der Waals surface area contributed by atoms with E-state index in [1.54, 1.807) is 4.90 Å². The van der Waals surface area contributed by atoms with Gasteiger partial charge in [-0.05, 0) is 43.1 Å². The van der Waals surface area contributed by atoms with Crippen molar-refractivity contribution in [2.75, 3.05) is 24.5 Å². The zero-order valence-electron chi connectivity index (χ0n) is 14.4. The van der Waals surface area contributed by atoms with Crippen LogP contribution in [0.25, 0.3) is 0 Å². The number of piperidine rings is 1. The topological polar surface area (TPSA) is 32.8 Å². The van der Waals surface area contributed by atoms with Gasteiger partial charge in [-0.3, -0.25) is 9.80 Å². The molecule has 1 saturated heterocycles. The van der Waals surface area contributed by atoms with Crippen LogP contribution in [0.4, 0.5) is 10.5 Å². The Labute approximate surface area is 149 Å². The van der Waals surface area contributed by atoms with Gasteiger partial charge in [-0.1, -0.05) is 55.0 Å². The van der Waals surface area contributed by atoms with E-state index >= 15 is 0 Å². The summed E-state index contributed by atoms with van der Waals surface area (Å²) >= 11 is 0. The Morgan fingerprint density at radius 3 is 2.48 bits per heavy atom. The molecule has 0 spiro atoms. The summed E-state index contributed by atoms with van der Waals surface area (Å²) in [4.78, 5) is 17.0. The van der Waals surface area contributed by atoms with Crippen molar-refractivity contribution in [2.45, 2.75) is 31.9 Å². The molecule has 2 heterocycles. The van der Waals surface area contributed by atoms with Gasteiger partial charge in [0, 0.05) is 6.54 Å². The molecule has 1 atom stereocenters. The first-order valence-corrected chi connectivity index (χ1v) is 9.14. The molecule has 0 radical (unpaired) electrons. The van der Waals surface area contributed by atoms with Crippen molar-refractivity contribution in [3.63, 3.8) is 0 Å². The number of anilines is 1.